The molecule has 7 nitrogen and oxygen atoms in total. The summed E-state index contributed by atoms with van der Waals surface area (Å²) in [6.07, 6.45) is -4.29. The summed E-state index contributed by atoms with van der Waals surface area (Å²) in [5, 5.41) is 31.5. The van der Waals surface area contributed by atoms with Gasteiger partial charge in [0.25, 0.3) is 0 Å². The number of hydrogen-bond donors (Lipinski definition) is 3. The number of rotatable bonds is 6. The van der Waals surface area contributed by atoms with Crippen LogP contribution in [-0.4, -0.2) is 56.9 Å². The van der Waals surface area contributed by atoms with Gasteiger partial charge >= 0.3 is 0 Å². The monoisotopic (exact) mass is 470 g/mol. The number of nitrogens with zero attached hydrogens (tertiary/aromatic N) is 2. The highest BCUT2D eigenvalue weighted by Crippen LogP contribution is 2.39. The van der Waals surface area contributed by atoms with Crippen LogP contribution >= 0.6 is 35.0 Å². The fourth-order valence-corrected chi connectivity index (χ4v) is 4.69. The summed E-state index contributed by atoms with van der Waals surface area (Å²) in [5.74, 6) is 1.37. The van der Waals surface area contributed by atoms with Gasteiger partial charge in [-0.15, -0.1) is 0 Å². The lowest BCUT2D eigenvalue weighted by molar-refractivity contribution is -0.0546. The number of aliphatic hydroxyl groups is 3. The van der Waals surface area contributed by atoms with E-state index in [1.165, 1.54) is 11.8 Å². The van der Waals surface area contributed by atoms with Crippen LogP contribution in [0, 0.1) is 0 Å². The van der Waals surface area contributed by atoms with Gasteiger partial charge in [0, 0.05) is 5.75 Å². The van der Waals surface area contributed by atoms with Gasteiger partial charge in [0.2, 0.25) is 0 Å². The molecule has 4 rings (SSSR count). The number of hydrogen-bond acceptors (Lipinski definition) is 7. The number of aliphatic hydroxyl groups excluding tert-OH is 3. The molecular weight excluding hydrogens is 451 g/mol. The molecule has 0 saturated carbocycles. The van der Waals surface area contributed by atoms with Crippen LogP contribution in [0.1, 0.15) is 11.8 Å². The Morgan fingerprint density at radius 1 is 1.13 bits per heavy atom. The maximum absolute atomic E-state index is 10.6. The van der Waals surface area contributed by atoms with E-state index >= 15 is 0 Å². The summed E-state index contributed by atoms with van der Waals surface area (Å²) >= 11 is 13.8. The van der Waals surface area contributed by atoms with Gasteiger partial charge in [-0.2, -0.15) is 0 Å². The molecule has 2 heterocycles. The standard InChI is InChI=1S/C20H20Cl2N2O5S/c1-28-11-4-2-10(3-5-11)9-30-20-23-14-6-12(21)13(22)7-15(14)24(20)19-18(27)17(26)16(8-25)29-19/h2-7,16-19,25-27H,8-9H2,1H3. The van der Waals surface area contributed by atoms with Crippen LogP contribution in [0.3, 0.4) is 0 Å². The average molecular weight is 471 g/mol. The lowest BCUT2D eigenvalue weighted by Crippen LogP contribution is -2.33. The van der Waals surface area contributed by atoms with E-state index in [1.807, 2.05) is 24.3 Å². The van der Waals surface area contributed by atoms with Gasteiger partial charge in [0.15, 0.2) is 11.4 Å². The van der Waals surface area contributed by atoms with E-state index in [2.05, 4.69) is 4.98 Å². The molecule has 1 aliphatic rings. The van der Waals surface area contributed by atoms with Crippen LogP contribution in [0.15, 0.2) is 41.6 Å². The second kappa shape index (κ2) is 8.92. The molecule has 0 bridgehead atoms. The number of imidazole rings is 1. The smallest absolute Gasteiger partial charge is 0.171 e. The third kappa shape index (κ3) is 4.01. The second-order valence-electron chi connectivity index (χ2n) is 6.89. The first-order valence-corrected chi connectivity index (χ1v) is 10.9. The largest absolute Gasteiger partial charge is 0.497 e. The molecular formula is C20H20Cl2N2O5S. The fourth-order valence-electron chi connectivity index (χ4n) is 3.38. The minimum atomic E-state index is -1.24. The Balaban J connectivity index is 1.71. The highest BCUT2D eigenvalue weighted by molar-refractivity contribution is 7.98. The van der Waals surface area contributed by atoms with Crippen LogP contribution in [0.5, 0.6) is 5.75 Å². The highest BCUT2D eigenvalue weighted by Gasteiger charge is 2.44. The Labute approximate surface area is 187 Å². The molecule has 0 spiro atoms. The molecule has 1 aromatic heterocycles. The zero-order valence-electron chi connectivity index (χ0n) is 15.9. The molecule has 3 N–H and O–H groups in total. The van der Waals surface area contributed by atoms with Crippen LogP contribution < -0.4 is 4.74 Å². The van der Waals surface area contributed by atoms with E-state index in [1.54, 1.807) is 23.8 Å². The lowest BCUT2D eigenvalue weighted by Gasteiger charge is -2.20. The van der Waals surface area contributed by atoms with Gasteiger partial charge in [0.1, 0.15) is 24.1 Å². The van der Waals surface area contributed by atoms with E-state index < -0.39 is 31.1 Å². The molecule has 30 heavy (non-hydrogen) atoms. The summed E-state index contributed by atoms with van der Waals surface area (Å²) in [4.78, 5) is 4.64. The highest BCUT2D eigenvalue weighted by atomic mass is 35.5. The minimum absolute atomic E-state index is 0.337. The van der Waals surface area contributed by atoms with Crippen LogP contribution in [-0.2, 0) is 10.5 Å². The topological polar surface area (TPSA) is 97.0 Å². The molecule has 0 amide bonds. The number of ether oxygens (including phenoxy) is 2. The SMILES string of the molecule is COc1ccc(CSc2nc3cc(Cl)c(Cl)cc3n2C2OC(CO)C(O)C2O)cc1. The first kappa shape index (κ1) is 21.7. The number of benzene rings is 2. The summed E-state index contributed by atoms with van der Waals surface area (Å²) in [6.45, 7) is -0.414. The Bertz CT molecular complexity index is 1050. The number of thioether (sulfide) groups is 1. The van der Waals surface area contributed by atoms with Gasteiger partial charge in [-0.05, 0) is 29.8 Å². The normalized spacial score (nSPS) is 23.9. The van der Waals surface area contributed by atoms with Gasteiger partial charge in [-0.1, -0.05) is 47.1 Å². The van der Waals surface area contributed by atoms with Crippen molar-refractivity contribution >= 4 is 46.0 Å². The predicted octanol–water partition coefficient (Wildman–Crippen LogP) is 3.26. The molecule has 1 saturated heterocycles. The van der Waals surface area contributed by atoms with E-state index in [0.29, 0.717) is 32.0 Å². The van der Waals surface area contributed by atoms with Gasteiger partial charge in [0.05, 0.1) is 34.8 Å². The third-order valence-corrected chi connectivity index (χ3v) is 6.74. The number of halogens is 2. The van der Waals surface area contributed by atoms with E-state index in [9.17, 15) is 15.3 Å². The molecule has 0 radical (unpaired) electrons. The number of fused-ring (bicyclic) bond motifs is 1. The van der Waals surface area contributed by atoms with Crippen molar-refractivity contribution in [2.75, 3.05) is 13.7 Å². The summed E-state index contributed by atoms with van der Waals surface area (Å²) in [6, 6.07) is 11.0. The van der Waals surface area contributed by atoms with Crippen molar-refractivity contribution < 1.29 is 24.8 Å². The zero-order valence-corrected chi connectivity index (χ0v) is 18.2. The molecule has 0 aliphatic carbocycles. The predicted molar refractivity (Wildman–Crippen MR) is 115 cm³/mol. The second-order valence-corrected chi connectivity index (χ2v) is 8.64. The molecule has 1 fully saturated rings. The molecule has 4 unspecified atom stereocenters. The maximum Gasteiger partial charge on any atom is 0.171 e. The van der Waals surface area contributed by atoms with E-state index in [4.69, 9.17) is 32.7 Å². The van der Waals surface area contributed by atoms with Gasteiger partial charge in [-0.3, -0.25) is 4.57 Å². The molecule has 10 heteroatoms. The summed E-state index contributed by atoms with van der Waals surface area (Å²) in [5.41, 5.74) is 2.24. The van der Waals surface area contributed by atoms with Crippen molar-refractivity contribution in [3.05, 3.63) is 52.0 Å². The average Bonchev–Trinajstić information content (AvgIpc) is 3.23. The van der Waals surface area contributed by atoms with E-state index in [-0.39, 0.29) is 0 Å². The molecule has 160 valence electrons. The summed E-state index contributed by atoms with van der Waals surface area (Å²) < 4.78 is 12.6. The van der Waals surface area contributed by atoms with E-state index in [0.717, 1.165) is 11.3 Å². The van der Waals surface area contributed by atoms with Crippen LogP contribution in [0.4, 0.5) is 0 Å². The fraction of sp³-hybridized carbons (Fsp3) is 0.350. The molecule has 2 aromatic carbocycles. The van der Waals surface area contributed by atoms with Crippen molar-refractivity contribution in [2.45, 2.75) is 35.4 Å². The van der Waals surface area contributed by atoms with Crippen molar-refractivity contribution in [3.63, 3.8) is 0 Å². The Kier molecular flexibility index (Phi) is 6.45. The Morgan fingerprint density at radius 3 is 2.47 bits per heavy atom. The third-order valence-electron chi connectivity index (χ3n) is 5.00. The van der Waals surface area contributed by atoms with Crippen LogP contribution in [0.25, 0.3) is 11.0 Å². The Hall–Kier alpha value is -1.52. The van der Waals surface area contributed by atoms with Crippen molar-refractivity contribution in [1.29, 1.82) is 0 Å². The minimum Gasteiger partial charge on any atom is -0.497 e. The van der Waals surface area contributed by atoms with Crippen LogP contribution in [0.2, 0.25) is 10.0 Å². The summed E-state index contributed by atoms with van der Waals surface area (Å²) in [7, 11) is 1.61. The first-order valence-electron chi connectivity index (χ1n) is 9.18. The van der Waals surface area contributed by atoms with Crippen molar-refractivity contribution in [3.8, 4) is 5.75 Å². The van der Waals surface area contributed by atoms with Gasteiger partial charge < -0.3 is 24.8 Å². The first-order chi connectivity index (χ1) is 14.4. The number of aromatic nitrogens is 2. The van der Waals surface area contributed by atoms with Crippen molar-refractivity contribution in [2.24, 2.45) is 0 Å². The van der Waals surface area contributed by atoms with Gasteiger partial charge in [-0.25, -0.2) is 4.98 Å². The molecule has 4 atom stereocenters. The lowest BCUT2D eigenvalue weighted by atomic mass is 10.1. The zero-order chi connectivity index (χ0) is 21.4. The maximum atomic E-state index is 10.6. The Morgan fingerprint density at radius 2 is 1.83 bits per heavy atom. The molecule has 3 aromatic rings. The quantitative estimate of drug-likeness (QED) is 0.475. The van der Waals surface area contributed by atoms with Crippen molar-refractivity contribution in [1.82, 2.24) is 9.55 Å². The number of methoxy groups -OCH3 is 1. The molecule has 1 aliphatic heterocycles.